The van der Waals surface area contributed by atoms with Crippen LogP contribution in [0.5, 0.6) is 0 Å². The van der Waals surface area contributed by atoms with Gasteiger partial charge < -0.3 is 4.98 Å². The molecule has 0 saturated heterocycles. The SMILES string of the molecule is Cc1cc(-c2nc(=S)c(Br)c(C3CCCC3)[nH]2)cc(C)n1. The molecule has 0 aliphatic heterocycles. The Bertz CT molecular complexity index is 713. The van der Waals surface area contributed by atoms with Gasteiger partial charge in [0.2, 0.25) is 0 Å². The Labute approximate surface area is 138 Å². The second kappa shape index (κ2) is 5.97. The minimum Gasteiger partial charge on any atom is -0.342 e. The fraction of sp³-hybridized carbons (Fsp3) is 0.438. The van der Waals surface area contributed by atoms with Crippen molar-refractivity contribution in [2.75, 3.05) is 0 Å². The first-order valence-corrected chi connectivity index (χ1v) is 8.50. The summed E-state index contributed by atoms with van der Waals surface area (Å²) >= 11 is 9.05. The maximum Gasteiger partial charge on any atom is 0.144 e. The second-order valence-corrected chi connectivity index (χ2v) is 6.92. The van der Waals surface area contributed by atoms with Gasteiger partial charge in [0.25, 0.3) is 0 Å². The molecule has 0 aromatic carbocycles. The summed E-state index contributed by atoms with van der Waals surface area (Å²) in [6.45, 7) is 4.00. The van der Waals surface area contributed by atoms with Crippen LogP contribution in [0.2, 0.25) is 0 Å². The van der Waals surface area contributed by atoms with Crippen LogP contribution in [0.15, 0.2) is 16.6 Å². The Balaban J connectivity index is 2.12. The molecule has 110 valence electrons. The highest BCUT2D eigenvalue weighted by Gasteiger charge is 2.21. The van der Waals surface area contributed by atoms with Crippen molar-refractivity contribution in [1.29, 1.82) is 0 Å². The number of nitrogens with one attached hydrogen (secondary N) is 1. The molecular formula is C16H18BrN3S. The van der Waals surface area contributed by atoms with Crippen LogP contribution in [0.3, 0.4) is 0 Å². The Morgan fingerprint density at radius 3 is 2.38 bits per heavy atom. The van der Waals surface area contributed by atoms with E-state index < -0.39 is 0 Å². The van der Waals surface area contributed by atoms with Crippen molar-refractivity contribution in [3.8, 4) is 11.4 Å². The Morgan fingerprint density at radius 1 is 1.14 bits per heavy atom. The van der Waals surface area contributed by atoms with E-state index in [1.165, 1.54) is 31.4 Å². The highest BCUT2D eigenvalue weighted by atomic mass is 79.9. The summed E-state index contributed by atoms with van der Waals surface area (Å²) in [5, 5.41) is 0. The average Bonchev–Trinajstić information content (AvgIpc) is 2.94. The monoisotopic (exact) mass is 363 g/mol. The maximum absolute atomic E-state index is 5.44. The van der Waals surface area contributed by atoms with Crippen LogP contribution < -0.4 is 0 Å². The number of halogens is 1. The third-order valence-corrected chi connectivity index (χ3v) is 5.37. The van der Waals surface area contributed by atoms with E-state index in [0.717, 1.165) is 27.2 Å². The first kappa shape index (κ1) is 14.9. The van der Waals surface area contributed by atoms with E-state index >= 15 is 0 Å². The summed E-state index contributed by atoms with van der Waals surface area (Å²) in [5.41, 5.74) is 4.25. The van der Waals surface area contributed by atoms with Crippen LogP contribution in [0.1, 0.15) is 48.7 Å². The molecule has 0 bridgehead atoms. The molecule has 2 aromatic heterocycles. The van der Waals surface area contributed by atoms with Crippen molar-refractivity contribution in [2.24, 2.45) is 0 Å². The quantitative estimate of drug-likeness (QED) is 0.741. The highest BCUT2D eigenvalue weighted by molar-refractivity contribution is 9.10. The number of hydrogen-bond acceptors (Lipinski definition) is 3. The number of pyridine rings is 1. The second-order valence-electron chi connectivity index (χ2n) is 5.74. The topological polar surface area (TPSA) is 41.6 Å². The largest absolute Gasteiger partial charge is 0.342 e. The van der Waals surface area contributed by atoms with Crippen molar-refractivity contribution in [3.63, 3.8) is 0 Å². The van der Waals surface area contributed by atoms with Crippen molar-refractivity contribution in [2.45, 2.75) is 45.4 Å². The third kappa shape index (κ3) is 3.09. The normalized spacial score (nSPS) is 15.6. The molecule has 0 spiro atoms. The zero-order valence-electron chi connectivity index (χ0n) is 12.2. The van der Waals surface area contributed by atoms with Gasteiger partial charge in [0.1, 0.15) is 10.5 Å². The summed E-state index contributed by atoms with van der Waals surface area (Å²) in [4.78, 5) is 12.5. The first-order chi connectivity index (χ1) is 10.0. The summed E-state index contributed by atoms with van der Waals surface area (Å²) in [6.07, 6.45) is 5.04. The van der Waals surface area contributed by atoms with E-state index in [0.29, 0.717) is 10.6 Å². The fourth-order valence-corrected chi connectivity index (χ4v) is 3.79. The van der Waals surface area contributed by atoms with Crippen molar-refractivity contribution < 1.29 is 0 Å². The standard InChI is InChI=1S/C16H18BrN3S/c1-9-7-12(8-10(2)18-9)15-19-14(11-5-3-4-6-11)13(17)16(21)20-15/h7-8,11H,3-6H2,1-2H3,(H,19,20,21). The molecule has 0 unspecified atom stereocenters. The lowest BCUT2D eigenvalue weighted by Crippen LogP contribution is -2.03. The van der Waals surface area contributed by atoms with Crippen LogP contribution in [0.25, 0.3) is 11.4 Å². The van der Waals surface area contributed by atoms with E-state index in [4.69, 9.17) is 12.2 Å². The molecule has 5 heteroatoms. The van der Waals surface area contributed by atoms with Crippen LogP contribution >= 0.6 is 28.1 Å². The summed E-state index contributed by atoms with van der Waals surface area (Å²) < 4.78 is 1.59. The van der Waals surface area contributed by atoms with Gasteiger partial charge >= 0.3 is 0 Å². The Morgan fingerprint density at radius 2 is 1.76 bits per heavy atom. The van der Waals surface area contributed by atoms with Gasteiger partial charge in [-0.15, -0.1) is 0 Å². The van der Waals surface area contributed by atoms with Gasteiger partial charge in [0, 0.05) is 28.6 Å². The first-order valence-electron chi connectivity index (χ1n) is 7.30. The summed E-state index contributed by atoms with van der Waals surface area (Å²) in [5.74, 6) is 1.41. The maximum atomic E-state index is 5.44. The number of aromatic amines is 1. The lowest BCUT2D eigenvalue weighted by atomic mass is 10.0. The lowest BCUT2D eigenvalue weighted by molar-refractivity contribution is 0.689. The van der Waals surface area contributed by atoms with Gasteiger partial charge in [-0.05, 0) is 54.8 Å². The molecular weight excluding hydrogens is 346 g/mol. The fourth-order valence-electron chi connectivity index (χ4n) is 3.08. The van der Waals surface area contributed by atoms with Gasteiger partial charge in [0.05, 0.1) is 4.47 Å². The average molecular weight is 364 g/mol. The van der Waals surface area contributed by atoms with E-state index in [2.05, 4.69) is 30.9 Å². The molecule has 2 aromatic rings. The molecule has 3 nitrogen and oxygen atoms in total. The van der Waals surface area contributed by atoms with Gasteiger partial charge in [-0.2, -0.15) is 0 Å². The smallest absolute Gasteiger partial charge is 0.144 e. The number of aryl methyl sites for hydroxylation is 2. The molecule has 1 aliphatic carbocycles. The Kier molecular flexibility index (Phi) is 4.22. The molecule has 1 aliphatic rings. The van der Waals surface area contributed by atoms with Crippen LogP contribution in [-0.2, 0) is 0 Å². The number of H-pyrrole nitrogens is 1. The van der Waals surface area contributed by atoms with Gasteiger partial charge in [-0.1, -0.05) is 25.1 Å². The molecule has 0 atom stereocenters. The summed E-state index contributed by atoms with van der Waals surface area (Å²) in [7, 11) is 0. The third-order valence-electron chi connectivity index (χ3n) is 4.01. The number of aromatic nitrogens is 3. The minimum atomic E-state index is 0.562. The van der Waals surface area contributed by atoms with E-state index in [1.54, 1.807) is 0 Å². The van der Waals surface area contributed by atoms with E-state index in [9.17, 15) is 0 Å². The molecule has 3 rings (SSSR count). The van der Waals surface area contributed by atoms with Gasteiger partial charge in [-0.3, -0.25) is 4.98 Å². The molecule has 1 saturated carbocycles. The van der Waals surface area contributed by atoms with Crippen molar-refractivity contribution >= 4 is 28.1 Å². The Hall–Kier alpha value is -1.07. The number of hydrogen-bond donors (Lipinski definition) is 1. The predicted molar refractivity (Wildman–Crippen MR) is 91.0 cm³/mol. The predicted octanol–water partition coefficient (Wildman–Crippen LogP) is 5.24. The molecule has 0 amide bonds. The number of rotatable bonds is 2. The lowest BCUT2D eigenvalue weighted by Gasteiger charge is -2.14. The summed E-state index contributed by atoms with van der Waals surface area (Å²) in [6, 6.07) is 4.10. The van der Waals surface area contributed by atoms with Crippen LogP contribution in [-0.4, -0.2) is 15.0 Å². The zero-order valence-corrected chi connectivity index (χ0v) is 14.6. The highest BCUT2D eigenvalue weighted by Crippen LogP contribution is 2.37. The van der Waals surface area contributed by atoms with Crippen LogP contribution in [0.4, 0.5) is 0 Å². The van der Waals surface area contributed by atoms with Crippen molar-refractivity contribution in [3.05, 3.63) is 38.3 Å². The van der Waals surface area contributed by atoms with Crippen LogP contribution in [0, 0.1) is 18.5 Å². The zero-order chi connectivity index (χ0) is 15.0. The molecule has 21 heavy (non-hydrogen) atoms. The van der Waals surface area contributed by atoms with Crippen molar-refractivity contribution in [1.82, 2.24) is 15.0 Å². The molecule has 0 radical (unpaired) electrons. The minimum absolute atomic E-state index is 0.562. The molecule has 1 N–H and O–H groups in total. The molecule has 1 fully saturated rings. The number of nitrogens with zero attached hydrogens (tertiary/aromatic N) is 2. The van der Waals surface area contributed by atoms with E-state index in [-0.39, 0.29) is 0 Å². The van der Waals surface area contributed by atoms with Gasteiger partial charge in [-0.25, -0.2) is 4.98 Å². The molecule has 2 heterocycles. The van der Waals surface area contributed by atoms with E-state index in [1.807, 2.05) is 26.0 Å². The van der Waals surface area contributed by atoms with Gasteiger partial charge in [0.15, 0.2) is 0 Å².